The highest BCUT2D eigenvalue weighted by Crippen LogP contribution is 2.23. The molecule has 0 saturated carbocycles. The van der Waals surface area contributed by atoms with Gasteiger partial charge < -0.3 is 14.5 Å². The molecule has 3 amide bonds. The quantitative estimate of drug-likeness (QED) is 0.533. The third-order valence-electron chi connectivity index (χ3n) is 4.15. The van der Waals surface area contributed by atoms with Gasteiger partial charge in [-0.1, -0.05) is 28.1 Å². The zero-order chi connectivity index (χ0) is 18.7. The molecule has 138 valence electrons. The second-order valence-corrected chi connectivity index (χ2v) is 6.74. The number of urea groups is 1. The Kier molecular flexibility index (Phi) is 5.52. The van der Waals surface area contributed by atoms with Crippen LogP contribution in [-0.4, -0.2) is 73.4 Å². The van der Waals surface area contributed by atoms with E-state index in [1.54, 1.807) is 25.3 Å². The van der Waals surface area contributed by atoms with Crippen molar-refractivity contribution in [3.63, 3.8) is 0 Å². The van der Waals surface area contributed by atoms with Gasteiger partial charge in [0.15, 0.2) is 12.2 Å². The number of nitrogens with zero attached hydrogens (tertiary/aromatic N) is 4. The van der Waals surface area contributed by atoms with E-state index in [0.717, 1.165) is 10.0 Å². The van der Waals surface area contributed by atoms with Crippen molar-refractivity contribution < 1.29 is 14.3 Å². The fraction of sp³-hybridized carbons (Fsp3) is 0.375. The summed E-state index contributed by atoms with van der Waals surface area (Å²) in [5.41, 5.74) is 3.78. The summed E-state index contributed by atoms with van der Waals surface area (Å²) in [4.78, 5) is 31.7. The van der Waals surface area contributed by atoms with Gasteiger partial charge in [0.2, 0.25) is 5.96 Å². The van der Waals surface area contributed by atoms with Crippen LogP contribution >= 0.6 is 15.9 Å². The average Bonchev–Trinajstić information content (AvgIpc) is 2.99. The molecule has 26 heavy (non-hydrogen) atoms. The minimum Gasteiger partial charge on any atom is -0.383 e. The Bertz CT molecular complexity index is 751. The molecule has 2 aliphatic rings. The molecule has 9 nitrogen and oxygen atoms in total. The number of nitrogens with one attached hydrogen (secondary N) is 2. The standard InChI is InChI=1S/C16H19BrN6O3/c1-22-13-12(14(24)20-16(22)25)23(7-8-26-2)15(19-13)21-18-9-10-3-5-11(17)6-4-10/h3-6,9,12-13H,7-8H2,1-2H3,(H,19,21)(H,20,24,25)/b18-9+. The molecule has 1 saturated heterocycles. The Morgan fingerprint density at radius 2 is 2.12 bits per heavy atom. The molecule has 0 aliphatic carbocycles. The van der Waals surface area contributed by atoms with Gasteiger partial charge in [-0.05, 0) is 17.7 Å². The molecule has 0 bridgehead atoms. The summed E-state index contributed by atoms with van der Waals surface area (Å²) < 4.78 is 6.10. The number of amides is 3. The first kappa shape index (κ1) is 18.3. The molecule has 0 radical (unpaired) electrons. The van der Waals surface area contributed by atoms with Gasteiger partial charge in [0, 0.05) is 25.2 Å². The number of hydrogen-bond acceptors (Lipinski definition) is 7. The van der Waals surface area contributed by atoms with Crippen molar-refractivity contribution in [2.45, 2.75) is 12.2 Å². The summed E-state index contributed by atoms with van der Waals surface area (Å²) in [6, 6.07) is 6.57. The average molecular weight is 423 g/mol. The molecule has 2 unspecified atom stereocenters. The van der Waals surface area contributed by atoms with E-state index in [-0.39, 0.29) is 5.91 Å². The first-order valence-electron chi connectivity index (χ1n) is 7.97. The Balaban J connectivity index is 1.77. The summed E-state index contributed by atoms with van der Waals surface area (Å²) in [6.07, 6.45) is 1.05. The van der Waals surface area contributed by atoms with E-state index in [2.05, 4.69) is 36.8 Å². The van der Waals surface area contributed by atoms with Crippen LogP contribution in [-0.2, 0) is 9.53 Å². The minimum atomic E-state index is -0.613. The molecule has 2 heterocycles. The highest BCUT2D eigenvalue weighted by atomic mass is 79.9. The SMILES string of the molecule is COCCN1C(N/N=C/c2ccc(Br)cc2)=NC2C1C(=O)NC(=O)N2C. The molecule has 1 aromatic rings. The number of aliphatic imine (C=N–C) groups is 1. The number of methoxy groups -OCH3 is 1. The Morgan fingerprint density at radius 1 is 1.38 bits per heavy atom. The second kappa shape index (κ2) is 7.83. The van der Waals surface area contributed by atoms with Gasteiger partial charge in [-0.25, -0.2) is 15.2 Å². The summed E-state index contributed by atoms with van der Waals surface area (Å²) >= 11 is 3.38. The van der Waals surface area contributed by atoms with Crippen molar-refractivity contribution in [2.75, 3.05) is 27.3 Å². The van der Waals surface area contributed by atoms with Gasteiger partial charge in [-0.3, -0.25) is 10.1 Å². The van der Waals surface area contributed by atoms with Crippen LogP contribution in [0.4, 0.5) is 4.79 Å². The molecule has 1 fully saturated rings. The number of halogens is 1. The lowest BCUT2D eigenvalue weighted by Gasteiger charge is -2.35. The van der Waals surface area contributed by atoms with Crippen molar-refractivity contribution in [1.82, 2.24) is 20.5 Å². The van der Waals surface area contributed by atoms with Crippen molar-refractivity contribution in [3.05, 3.63) is 34.3 Å². The number of hydrazone groups is 1. The molecular formula is C16H19BrN6O3. The van der Waals surface area contributed by atoms with Crippen LogP contribution in [0.5, 0.6) is 0 Å². The van der Waals surface area contributed by atoms with E-state index in [0.29, 0.717) is 19.1 Å². The number of likely N-dealkylation sites (N-methyl/N-ethyl adjacent to an activating group) is 1. The third-order valence-corrected chi connectivity index (χ3v) is 4.67. The molecule has 1 aromatic carbocycles. The number of carbonyl (C=O) groups excluding carboxylic acids is 2. The molecule has 2 aliphatic heterocycles. The van der Waals surface area contributed by atoms with Crippen LogP contribution in [0.3, 0.4) is 0 Å². The largest absolute Gasteiger partial charge is 0.383 e. The Hall–Kier alpha value is -2.46. The minimum absolute atomic E-state index is 0.383. The molecule has 0 spiro atoms. The topological polar surface area (TPSA) is 98.6 Å². The maximum absolute atomic E-state index is 12.3. The number of hydrogen-bond donors (Lipinski definition) is 2. The number of rotatable bonds is 5. The van der Waals surface area contributed by atoms with E-state index >= 15 is 0 Å². The predicted molar refractivity (Wildman–Crippen MR) is 99.8 cm³/mol. The Morgan fingerprint density at radius 3 is 2.81 bits per heavy atom. The van der Waals surface area contributed by atoms with Gasteiger partial charge in [0.25, 0.3) is 5.91 Å². The number of benzene rings is 1. The normalized spacial score (nSPS) is 22.5. The summed E-state index contributed by atoms with van der Waals surface area (Å²) in [5, 5.41) is 6.54. The zero-order valence-corrected chi connectivity index (χ0v) is 15.9. The second-order valence-electron chi connectivity index (χ2n) is 5.82. The number of carbonyl (C=O) groups is 2. The number of fused-ring (bicyclic) bond motifs is 1. The summed E-state index contributed by atoms with van der Waals surface area (Å²) in [6.45, 7) is 0.845. The lowest BCUT2D eigenvalue weighted by Crippen LogP contribution is -2.64. The van der Waals surface area contributed by atoms with Gasteiger partial charge in [0.1, 0.15) is 0 Å². The van der Waals surface area contributed by atoms with Crippen molar-refractivity contribution >= 4 is 40.0 Å². The number of guanidine groups is 1. The van der Waals surface area contributed by atoms with E-state index < -0.39 is 18.2 Å². The van der Waals surface area contributed by atoms with Gasteiger partial charge in [-0.15, -0.1) is 0 Å². The molecule has 2 N–H and O–H groups in total. The van der Waals surface area contributed by atoms with Crippen LogP contribution in [0, 0.1) is 0 Å². The first-order chi connectivity index (χ1) is 12.5. The molecular weight excluding hydrogens is 404 g/mol. The molecule has 2 atom stereocenters. The number of imide groups is 1. The Labute approximate surface area is 159 Å². The third kappa shape index (κ3) is 3.70. The van der Waals surface area contributed by atoms with E-state index in [9.17, 15) is 9.59 Å². The van der Waals surface area contributed by atoms with Crippen LogP contribution in [0.15, 0.2) is 38.8 Å². The maximum Gasteiger partial charge on any atom is 0.325 e. The predicted octanol–water partition coefficient (Wildman–Crippen LogP) is 0.567. The zero-order valence-electron chi connectivity index (χ0n) is 14.3. The smallest absolute Gasteiger partial charge is 0.325 e. The van der Waals surface area contributed by atoms with Crippen LogP contribution < -0.4 is 10.7 Å². The van der Waals surface area contributed by atoms with Crippen molar-refractivity contribution in [3.8, 4) is 0 Å². The van der Waals surface area contributed by atoms with E-state index in [1.807, 2.05) is 24.3 Å². The van der Waals surface area contributed by atoms with E-state index in [4.69, 9.17) is 4.74 Å². The van der Waals surface area contributed by atoms with Crippen LogP contribution in [0.25, 0.3) is 0 Å². The highest BCUT2D eigenvalue weighted by molar-refractivity contribution is 9.10. The van der Waals surface area contributed by atoms with Crippen molar-refractivity contribution in [1.29, 1.82) is 0 Å². The lowest BCUT2D eigenvalue weighted by atomic mass is 10.1. The summed E-state index contributed by atoms with van der Waals surface area (Å²) in [7, 11) is 3.19. The van der Waals surface area contributed by atoms with Crippen molar-refractivity contribution in [2.24, 2.45) is 10.1 Å². The van der Waals surface area contributed by atoms with Crippen LogP contribution in [0.1, 0.15) is 5.56 Å². The molecule has 0 aromatic heterocycles. The fourth-order valence-corrected chi connectivity index (χ4v) is 3.03. The monoisotopic (exact) mass is 422 g/mol. The lowest BCUT2D eigenvalue weighted by molar-refractivity contribution is -0.127. The van der Waals surface area contributed by atoms with Gasteiger partial charge >= 0.3 is 6.03 Å². The van der Waals surface area contributed by atoms with E-state index in [1.165, 1.54) is 4.90 Å². The molecule has 10 heteroatoms. The highest BCUT2D eigenvalue weighted by Gasteiger charge is 2.48. The number of ether oxygens (including phenoxy) is 1. The van der Waals surface area contributed by atoms with Gasteiger partial charge in [0.05, 0.1) is 12.8 Å². The first-order valence-corrected chi connectivity index (χ1v) is 8.76. The summed E-state index contributed by atoms with van der Waals surface area (Å²) in [5.74, 6) is 0.0359. The van der Waals surface area contributed by atoms with Crippen LogP contribution in [0.2, 0.25) is 0 Å². The fourth-order valence-electron chi connectivity index (χ4n) is 2.77. The van der Waals surface area contributed by atoms with Gasteiger partial charge in [-0.2, -0.15) is 5.10 Å². The maximum atomic E-state index is 12.3. The molecule has 3 rings (SSSR count).